The zero-order valence-corrected chi connectivity index (χ0v) is 8.25. The van der Waals surface area contributed by atoms with Gasteiger partial charge in [0.15, 0.2) is 0 Å². The summed E-state index contributed by atoms with van der Waals surface area (Å²) in [5, 5.41) is 11.2. The molecule has 0 aromatic heterocycles. The lowest BCUT2D eigenvalue weighted by molar-refractivity contribution is 0.0385. The first-order chi connectivity index (χ1) is 7.74. The van der Waals surface area contributed by atoms with Gasteiger partial charge in [0.25, 0.3) is 11.8 Å². The lowest BCUT2D eigenvalue weighted by Crippen LogP contribution is -2.36. The number of nitriles is 1. The molecule has 0 saturated carbocycles. The van der Waals surface area contributed by atoms with E-state index in [1.54, 1.807) is 24.3 Å². The van der Waals surface area contributed by atoms with E-state index < -0.39 is 0 Å². The minimum absolute atomic E-state index is 0.335. The van der Waals surface area contributed by atoms with Crippen molar-refractivity contribution < 1.29 is 9.59 Å². The van der Waals surface area contributed by atoms with Gasteiger partial charge >= 0.3 is 0 Å². The number of hydrogen-bond acceptors (Lipinski definition) is 4. The molecule has 2 heterocycles. The molecule has 1 aromatic carbocycles. The van der Waals surface area contributed by atoms with Gasteiger partial charge < -0.3 is 0 Å². The molecule has 0 bridgehead atoms. The molecule has 0 radical (unpaired) electrons. The predicted octanol–water partition coefficient (Wildman–Crippen LogP) is 0.405. The van der Waals surface area contributed by atoms with Gasteiger partial charge in [-0.1, -0.05) is 12.1 Å². The Morgan fingerprint density at radius 1 is 1.19 bits per heavy atom. The number of hydrazine groups is 1. The molecular formula is C11H7N3O2. The summed E-state index contributed by atoms with van der Waals surface area (Å²) in [5.74, 6) is -0.670. The van der Waals surface area contributed by atoms with E-state index in [4.69, 9.17) is 5.26 Å². The standard InChI is InChI=1S/C11H7N3O2/c12-5-7-6-13(7)14-10(15)8-3-1-2-4-9(8)11(14)16/h1-4,7H,6H2. The molecule has 2 atom stereocenters. The molecule has 5 heteroatoms. The first-order valence-corrected chi connectivity index (χ1v) is 4.88. The lowest BCUT2D eigenvalue weighted by atomic mass is 10.1. The van der Waals surface area contributed by atoms with Gasteiger partial charge in [-0.05, 0) is 12.1 Å². The maximum Gasteiger partial charge on any atom is 0.276 e. The van der Waals surface area contributed by atoms with Gasteiger partial charge in [-0.2, -0.15) is 10.3 Å². The number of nitrogens with zero attached hydrogens (tertiary/aromatic N) is 3. The van der Waals surface area contributed by atoms with E-state index in [0.29, 0.717) is 17.7 Å². The fourth-order valence-electron chi connectivity index (χ4n) is 1.87. The summed E-state index contributed by atoms with van der Waals surface area (Å²) in [6, 6.07) is 8.36. The van der Waals surface area contributed by atoms with Crippen molar-refractivity contribution in [2.45, 2.75) is 6.04 Å². The summed E-state index contributed by atoms with van der Waals surface area (Å²) in [5.41, 5.74) is 0.826. The van der Waals surface area contributed by atoms with Gasteiger partial charge in [0.2, 0.25) is 0 Å². The molecule has 1 saturated heterocycles. The molecule has 1 aromatic rings. The van der Waals surface area contributed by atoms with E-state index >= 15 is 0 Å². The number of imide groups is 1. The van der Waals surface area contributed by atoms with E-state index in [2.05, 4.69) is 0 Å². The van der Waals surface area contributed by atoms with Crippen LogP contribution in [0, 0.1) is 11.3 Å². The summed E-state index contributed by atoms with van der Waals surface area (Å²) in [6.07, 6.45) is 0. The summed E-state index contributed by atoms with van der Waals surface area (Å²) >= 11 is 0. The number of carbonyl (C=O) groups is 2. The fraction of sp³-hybridized carbons (Fsp3) is 0.182. The van der Waals surface area contributed by atoms with Crippen LogP contribution in [0.4, 0.5) is 0 Å². The Morgan fingerprint density at radius 2 is 1.75 bits per heavy atom. The van der Waals surface area contributed by atoms with E-state index in [1.165, 1.54) is 5.01 Å². The average Bonchev–Trinajstić information content (AvgIpc) is 3.03. The molecule has 2 amide bonds. The summed E-state index contributed by atoms with van der Waals surface area (Å²) in [7, 11) is 0. The SMILES string of the molecule is N#CC1CN1N1C(=O)c2ccccc2C1=O. The number of benzene rings is 1. The van der Waals surface area contributed by atoms with Crippen LogP contribution in [-0.2, 0) is 0 Å². The van der Waals surface area contributed by atoms with Crippen molar-refractivity contribution in [3.8, 4) is 6.07 Å². The Bertz CT molecular complexity index is 511. The Kier molecular flexibility index (Phi) is 1.64. The lowest BCUT2D eigenvalue weighted by Gasteiger charge is -2.13. The highest BCUT2D eigenvalue weighted by Gasteiger charge is 2.49. The number of carbonyl (C=O) groups excluding carboxylic acids is 2. The Hall–Kier alpha value is -2.19. The average molecular weight is 213 g/mol. The maximum atomic E-state index is 11.9. The highest BCUT2D eigenvalue weighted by atomic mass is 16.2. The third-order valence-electron chi connectivity index (χ3n) is 2.76. The van der Waals surface area contributed by atoms with E-state index in [9.17, 15) is 9.59 Å². The maximum absolute atomic E-state index is 11.9. The van der Waals surface area contributed by atoms with E-state index in [-0.39, 0.29) is 17.9 Å². The Balaban J connectivity index is 2.00. The molecule has 2 aliphatic rings. The highest BCUT2D eigenvalue weighted by molar-refractivity contribution is 6.21. The van der Waals surface area contributed by atoms with Crippen LogP contribution in [-0.4, -0.2) is 34.4 Å². The van der Waals surface area contributed by atoms with Crippen LogP contribution in [0.5, 0.6) is 0 Å². The third kappa shape index (κ3) is 1.02. The molecule has 2 aliphatic heterocycles. The number of hydrogen-bond donors (Lipinski definition) is 0. The summed E-state index contributed by atoms with van der Waals surface area (Å²) in [4.78, 5) is 23.8. The molecule has 2 unspecified atom stereocenters. The van der Waals surface area contributed by atoms with Crippen molar-refractivity contribution in [1.29, 1.82) is 5.26 Å². The zero-order chi connectivity index (χ0) is 11.3. The highest BCUT2D eigenvalue weighted by Crippen LogP contribution is 2.30. The minimum Gasteiger partial charge on any atom is -0.267 e. The van der Waals surface area contributed by atoms with Gasteiger partial charge in [0, 0.05) is 0 Å². The van der Waals surface area contributed by atoms with Crippen LogP contribution < -0.4 is 0 Å². The smallest absolute Gasteiger partial charge is 0.267 e. The van der Waals surface area contributed by atoms with Crippen LogP contribution in [0.15, 0.2) is 24.3 Å². The van der Waals surface area contributed by atoms with Gasteiger partial charge in [0.05, 0.1) is 23.7 Å². The molecule has 0 N–H and O–H groups in total. The molecule has 78 valence electrons. The minimum atomic E-state index is -0.345. The van der Waals surface area contributed by atoms with Crippen molar-refractivity contribution in [3.05, 3.63) is 35.4 Å². The second kappa shape index (κ2) is 2.90. The molecule has 0 aliphatic carbocycles. The van der Waals surface area contributed by atoms with Crippen molar-refractivity contribution >= 4 is 11.8 Å². The van der Waals surface area contributed by atoms with Crippen molar-refractivity contribution in [3.63, 3.8) is 0 Å². The molecule has 5 nitrogen and oxygen atoms in total. The van der Waals surface area contributed by atoms with Crippen molar-refractivity contribution in [1.82, 2.24) is 10.0 Å². The van der Waals surface area contributed by atoms with Crippen molar-refractivity contribution in [2.24, 2.45) is 0 Å². The zero-order valence-electron chi connectivity index (χ0n) is 8.25. The first-order valence-electron chi connectivity index (χ1n) is 4.88. The normalized spacial score (nSPS) is 26.6. The monoisotopic (exact) mass is 213 g/mol. The quantitative estimate of drug-likeness (QED) is 0.500. The number of rotatable bonds is 1. The van der Waals surface area contributed by atoms with Crippen LogP contribution in [0.1, 0.15) is 20.7 Å². The van der Waals surface area contributed by atoms with Gasteiger partial charge in [0.1, 0.15) is 6.04 Å². The second-order valence-electron chi connectivity index (χ2n) is 3.73. The Labute approximate surface area is 91.4 Å². The van der Waals surface area contributed by atoms with Crippen LogP contribution in [0.25, 0.3) is 0 Å². The van der Waals surface area contributed by atoms with Crippen molar-refractivity contribution in [2.75, 3.05) is 6.54 Å². The third-order valence-corrected chi connectivity index (χ3v) is 2.76. The molecule has 16 heavy (non-hydrogen) atoms. The van der Waals surface area contributed by atoms with Gasteiger partial charge in [-0.15, -0.1) is 0 Å². The van der Waals surface area contributed by atoms with Crippen LogP contribution in [0.3, 0.4) is 0 Å². The second-order valence-corrected chi connectivity index (χ2v) is 3.73. The molecule has 1 fully saturated rings. The molecular weight excluding hydrogens is 206 g/mol. The number of fused-ring (bicyclic) bond motifs is 1. The van der Waals surface area contributed by atoms with E-state index in [0.717, 1.165) is 5.01 Å². The van der Waals surface area contributed by atoms with Crippen LogP contribution in [0.2, 0.25) is 0 Å². The fourth-order valence-corrected chi connectivity index (χ4v) is 1.87. The molecule has 0 spiro atoms. The van der Waals surface area contributed by atoms with Crippen LogP contribution >= 0.6 is 0 Å². The topological polar surface area (TPSA) is 64.2 Å². The van der Waals surface area contributed by atoms with Gasteiger partial charge in [-0.25, -0.2) is 5.01 Å². The predicted molar refractivity (Wildman–Crippen MR) is 53.0 cm³/mol. The Morgan fingerprint density at radius 3 is 2.19 bits per heavy atom. The largest absolute Gasteiger partial charge is 0.276 e. The first kappa shape index (κ1) is 9.07. The molecule has 3 rings (SSSR count). The van der Waals surface area contributed by atoms with Gasteiger partial charge in [-0.3, -0.25) is 9.59 Å². The number of amides is 2. The summed E-state index contributed by atoms with van der Waals surface area (Å²) < 4.78 is 0. The summed E-state index contributed by atoms with van der Waals surface area (Å²) in [6.45, 7) is 0.446. The van der Waals surface area contributed by atoms with E-state index in [1.807, 2.05) is 6.07 Å².